The van der Waals surface area contributed by atoms with Crippen LogP contribution in [0.3, 0.4) is 0 Å². The molecule has 15 heavy (non-hydrogen) atoms. The van der Waals surface area contributed by atoms with E-state index in [0.29, 0.717) is 0 Å². The van der Waals surface area contributed by atoms with Crippen LogP contribution < -0.4 is 0 Å². The van der Waals surface area contributed by atoms with Gasteiger partial charge in [0.1, 0.15) is 0 Å². The molecule has 0 spiro atoms. The van der Waals surface area contributed by atoms with Gasteiger partial charge in [-0.25, -0.2) is 0 Å². The van der Waals surface area contributed by atoms with E-state index < -0.39 is 0 Å². The summed E-state index contributed by atoms with van der Waals surface area (Å²) in [6, 6.07) is 8.25. The Kier molecular flexibility index (Phi) is 1.76. The maximum Gasteiger partial charge on any atom is 0.236 e. The number of para-hydroxylation sites is 2. The van der Waals surface area contributed by atoms with Crippen LogP contribution in [-0.4, -0.2) is 25.4 Å². The molecule has 1 aromatic carbocycles. The van der Waals surface area contributed by atoms with Crippen LogP contribution in [0.25, 0.3) is 16.8 Å². The van der Waals surface area contributed by atoms with Crippen molar-refractivity contribution in [3.63, 3.8) is 0 Å². The zero-order valence-corrected chi connectivity index (χ0v) is 9.32. The number of fused-ring (bicyclic) bond motifs is 3. The van der Waals surface area contributed by atoms with Crippen molar-refractivity contribution in [1.29, 1.82) is 0 Å². The molecule has 0 fully saturated rings. The predicted molar refractivity (Wildman–Crippen MR) is 61.2 cm³/mol. The first-order chi connectivity index (χ1) is 7.33. The zero-order chi connectivity index (χ0) is 10.4. The van der Waals surface area contributed by atoms with Gasteiger partial charge in [0, 0.05) is 7.05 Å². The summed E-state index contributed by atoms with van der Waals surface area (Å²) >= 11 is 1.61. The number of aromatic nitrogens is 4. The summed E-state index contributed by atoms with van der Waals surface area (Å²) in [7, 11) is 2.01. The van der Waals surface area contributed by atoms with E-state index >= 15 is 0 Å². The molecule has 3 aromatic rings. The van der Waals surface area contributed by atoms with Crippen molar-refractivity contribution in [1.82, 2.24) is 19.2 Å². The third-order valence-corrected chi connectivity index (χ3v) is 3.21. The summed E-state index contributed by atoms with van der Waals surface area (Å²) in [5, 5.41) is 9.25. The number of rotatable bonds is 1. The van der Waals surface area contributed by atoms with Crippen molar-refractivity contribution in [3.8, 4) is 0 Å². The fourth-order valence-electron chi connectivity index (χ4n) is 1.87. The third kappa shape index (κ3) is 1.04. The third-order valence-electron chi connectivity index (χ3n) is 2.58. The molecule has 5 heteroatoms. The molecular formula is C10H10N4S. The van der Waals surface area contributed by atoms with Gasteiger partial charge >= 0.3 is 0 Å². The second-order valence-electron chi connectivity index (χ2n) is 3.37. The number of imidazole rings is 1. The van der Waals surface area contributed by atoms with E-state index in [2.05, 4.69) is 31.3 Å². The molecule has 0 bridgehead atoms. The van der Waals surface area contributed by atoms with Crippen LogP contribution in [0.2, 0.25) is 0 Å². The quantitative estimate of drug-likeness (QED) is 0.585. The summed E-state index contributed by atoms with van der Waals surface area (Å²) in [6.07, 6.45) is 2.01. The molecule has 0 N–H and O–H groups in total. The molecule has 0 unspecified atom stereocenters. The van der Waals surface area contributed by atoms with Crippen LogP contribution in [-0.2, 0) is 7.05 Å². The SMILES string of the molecule is CSc1nnc2n(C)c3ccccc3n12. The van der Waals surface area contributed by atoms with Crippen molar-refractivity contribution in [2.75, 3.05) is 6.26 Å². The highest BCUT2D eigenvalue weighted by atomic mass is 32.2. The topological polar surface area (TPSA) is 35.1 Å². The molecule has 2 heterocycles. The highest BCUT2D eigenvalue weighted by Crippen LogP contribution is 2.23. The van der Waals surface area contributed by atoms with Gasteiger partial charge in [-0.1, -0.05) is 23.9 Å². The molecule has 2 aromatic heterocycles. The standard InChI is InChI=1S/C10H10N4S/c1-13-7-5-3-4-6-8(7)14-9(13)11-12-10(14)15-2/h3-6H,1-2H3. The zero-order valence-electron chi connectivity index (χ0n) is 8.51. The van der Waals surface area contributed by atoms with Gasteiger partial charge in [-0.2, -0.15) is 0 Å². The molecule has 0 radical (unpaired) electrons. The van der Waals surface area contributed by atoms with E-state index in [1.807, 2.05) is 25.4 Å². The Balaban J connectivity index is 2.60. The Bertz CT molecular complexity index is 637. The number of aryl methyl sites for hydroxylation is 1. The smallest absolute Gasteiger partial charge is 0.236 e. The van der Waals surface area contributed by atoms with Crippen molar-refractivity contribution >= 4 is 28.6 Å². The summed E-state index contributed by atoms with van der Waals surface area (Å²) in [5.41, 5.74) is 2.34. The predicted octanol–water partition coefficient (Wildman–Crippen LogP) is 1.94. The van der Waals surface area contributed by atoms with Gasteiger partial charge in [0.25, 0.3) is 0 Å². The van der Waals surface area contributed by atoms with Crippen LogP contribution >= 0.6 is 11.8 Å². The highest BCUT2D eigenvalue weighted by Gasteiger charge is 2.12. The number of thioether (sulfide) groups is 1. The molecule has 0 saturated heterocycles. The first-order valence-corrected chi connectivity index (χ1v) is 5.88. The summed E-state index contributed by atoms with van der Waals surface area (Å²) in [4.78, 5) is 0. The summed E-state index contributed by atoms with van der Waals surface area (Å²) in [5.74, 6) is 0.889. The van der Waals surface area contributed by atoms with Gasteiger partial charge in [0.2, 0.25) is 5.78 Å². The lowest BCUT2D eigenvalue weighted by atomic mass is 10.3. The Hall–Kier alpha value is -1.49. The first-order valence-electron chi connectivity index (χ1n) is 4.65. The van der Waals surface area contributed by atoms with Crippen LogP contribution in [0.5, 0.6) is 0 Å². The van der Waals surface area contributed by atoms with E-state index in [1.54, 1.807) is 11.8 Å². The average molecular weight is 218 g/mol. The fourth-order valence-corrected chi connectivity index (χ4v) is 2.35. The molecule has 0 saturated carbocycles. The number of hydrogen-bond donors (Lipinski definition) is 0. The lowest BCUT2D eigenvalue weighted by Gasteiger charge is -1.93. The number of hydrogen-bond acceptors (Lipinski definition) is 3. The minimum Gasteiger partial charge on any atom is -0.311 e. The minimum absolute atomic E-state index is 0.889. The number of nitrogens with zero attached hydrogens (tertiary/aromatic N) is 4. The Morgan fingerprint density at radius 3 is 2.60 bits per heavy atom. The van der Waals surface area contributed by atoms with Crippen LogP contribution in [0.4, 0.5) is 0 Å². The van der Waals surface area contributed by atoms with Gasteiger partial charge < -0.3 is 4.57 Å². The van der Waals surface area contributed by atoms with Gasteiger partial charge in [-0.15, -0.1) is 10.2 Å². The van der Waals surface area contributed by atoms with Gasteiger partial charge in [0.05, 0.1) is 11.0 Å². The van der Waals surface area contributed by atoms with E-state index in [1.165, 1.54) is 5.52 Å². The van der Waals surface area contributed by atoms with Crippen molar-refractivity contribution in [2.45, 2.75) is 5.16 Å². The second kappa shape index (κ2) is 3.00. The highest BCUT2D eigenvalue weighted by molar-refractivity contribution is 7.98. The fraction of sp³-hybridized carbons (Fsp3) is 0.200. The Morgan fingerprint density at radius 1 is 1.13 bits per heavy atom. The maximum atomic E-state index is 4.18. The molecule has 0 atom stereocenters. The molecule has 76 valence electrons. The van der Waals surface area contributed by atoms with Gasteiger partial charge in [0.15, 0.2) is 5.16 Å². The van der Waals surface area contributed by atoms with Crippen molar-refractivity contribution < 1.29 is 0 Å². The lowest BCUT2D eigenvalue weighted by molar-refractivity contribution is 0.939. The molecule has 3 rings (SSSR count). The van der Waals surface area contributed by atoms with Crippen LogP contribution in [0.15, 0.2) is 29.4 Å². The summed E-state index contributed by atoms with van der Waals surface area (Å²) < 4.78 is 4.14. The average Bonchev–Trinajstić information content (AvgIpc) is 2.81. The van der Waals surface area contributed by atoms with E-state index in [9.17, 15) is 0 Å². The van der Waals surface area contributed by atoms with E-state index in [0.717, 1.165) is 16.5 Å². The monoisotopic (exact) mass is 218 g/mol. The van der Waals surface area contributed by atoms with E-state index in [-0.39, 0.29) is 0 Å². The van der Waals surface area contributed by atoms with Crippen LogP contribution in [0.1, 0.15) is 0 Å². The molecule has 0 aliphatic rings. The summed E-state index contributed by atoms with van der Waals surface area (Å²) in [6.45, 7) is 0. The first kappa shape index (κ1) is 8.79. The molecular weight excluding hydrogens is 208 g/mol. The molecule has 0 aliphatic heterocycles. The number of benzene rings is 1. The second-order valence-corrected chi connectivity index (χ2v) is 4.14. The van der Waals surface area contributed by atoms with Crippen molar-refractivity contribution in [3.05, 3.63) is 24.3 Å². The van der Waals surface area contributed by atoms with Crippen LogP contribution in [0, 0.1) is 0 Å². The largest absolute Gasteiger partial charge is 0.311 e. The Labute approximate surface area is 90.9 Å². The van der Waals surface area contributed by atoms with Gasteiger partial charge in [-0.3, -0.25) is 4.40 Å². The molecule has 0 aliphatic carbocycles. The van der Waals surface area contributed by atoms with E-state index in [4.69, 9.17) is 0 Å². The lowest BCUT2D eigenvalue weighted by Crippen LogP contribution is -1.87. The minimum atomic E-state index is 0.889. The van der Waals surface area contributed by atoms with Gasteiger partial charge in [-0.05, 0) is 18.4 Å². The van der Waals surface area contributed by atoms with Crippen molar-refractivity contribution in [2.24, 2.45) is 7.05 Å². The normalized spacial score (nSPS) is 11.6. The Morgan fingerprint density at radius 2 is 1.87 bits per heavy atom. The molecule has 0 amide bonds. The maximum absolute atomic E-state index is 4.18. The molecule has 4 nitrogen and oxygen atoms in total.